The van der Waals surface area contributed by atoms with Crippen molar-refractivity contribution in [2.45, 2.75) is 31.3 Å². The second kappa shape index (κ2) is 7.93. The molecule has 1 fully saturated rings. The van der Waals surface area contributed by atoms with Gasteiger partial charge in [0.05, 0.1) is 13.2 Å². The summed E-state index contributed by atoms with van der Waals surface area (Å²) in [5, 5.41) is 12.7. The highest BCUT2D eigenvalue weighted by Gasteiger charge is 2.51. The molecular formula is C14H28N2O4. The molecule has 118 valence electrons. The average molecular weight is 288 g/mol. The number of methoxy groups -OCH3 is 2. The molecule has 2 N–H and O–H groups in total. The van der Waals surface area contributed by atoms with Crippen LogP contribution in [0.4, 0.5) is 0 Å². The van der Waals surface area contributed by atoms with E-state index in [4.69, 9.17) is 9.47 Å². The van der Waals surface area contributed by atoms with Gasteiger partial charge in [-0.1, -0.05) is 0 Å². The standard InChI is InChI=1S/C14H28N2O4/c1-11(9-20-4)16(7-8-19-3)10-14(15-2,13(17)18)12-5-6-12/h11-12,15H,5-10H2,1-4H3,(H,17,18). The zero-order valence-corrected chi connectivity index (χ0v) is 13.0. The number of rotatable bonds is 11. The van der Waals surface area contributed by atoms with Crippen molar-refractivity contribution in [3.05, 3.63) is 0 Å². The van der Waals surface area contributed by atoms with Gasteiger partial charge < -0.3 is 19.9 Å². The summed E-state index contributed by atoms with van der Waals surface area (Å²) in [5.74, 6) is -0.556. The van der Waals surface area contributed by atoms with Crippen LogP contribution in [0.25, 0.3) is 0 Å². The van der Waals surface area contributed by atoms with E-state index in [2.05, 4.69) is 10.2 Å². The van der Waals surface area contributed by atoms with Gasteiger partial charge in [-0.3, -0.25) is 9.69 Å². The third-order valence-electron chi connectivity index (χ3n) is 4.17. The number of carbonyl (C=O) groups is 1. The van der Waals surface area contributed by atoms with Crippen LogP contribution in [0.3, 0.4) is 0 Å². The van der Waals surface area contributed by atoms with Crippen LogP contribution in [0.2, 0.25) is 0 Å². The topological polar surface area (TPSA) is 71.0 Å². The number of aliphatic carboxylic acids is 1. The van der Waals surface area contributed by atoms with Crippen molar-refractivity contribution in [2.24, 2.45) is 5.92 Å². The number of nitrogens with zero attached hydrogens (tertiary/aromatic N) is 1. The Morgan fingerprint density at radius 3 is 2.50 bits per heavy atom. The van der Waals surface area contributed by atoms with E-state index in [-0.39, 0.29) is 12.0 Å². The Morgan fingerprint density at radius 1 is 1.45 bits per heavy atom. The predicted octanol–water partition coefficient (Wildman–Crippen LogP) is 0.423. The van der Waals surface area contributed by atoms with Crippen LogP contribution in [-0.4, -0.2) is 75.1 Å². The molecule has 0 bridgehead atoms. The highest BCUT2D eigenvalue weighted by molar-refractivity contribution is 5.80. The first-order chi connectivity index (χ1) is 9.51. The molecule has 0 saturated heterocycles. The van der Waals surface area contributed by atoms with Crippen LogP contribution >= 0.6 is 0 Å². The van der Waals surface area contributed by atoms with E-state index in [0.717, 1.165) is 12.8 Å². The van der Waals surface area contributed by atoms with Gasteiger partial charge in [0.15, 0.2) is 0 Å². The van der Waals surface area contributed by atoms with Crippen LogP contribution < -0.4 is 5.32 Å². The molecule has 0 aromatic carbocycles. The molecule has 0 aliphatic heterocycles. The molecule has 1 rings (SSSR count). The minimum atomic E-state index is -0.865. The first-order valence-corrected chi connectivity index (χ1v) is 7.16. The molecule has 1 aliphatic rings. The smallest absolute Gasteiger partial charge is 0.325 e. The molecule has 0 heterocycles. The van der Waals surface area contributed by atoms with E-state index >= 15 is 0 Å². The van der Waals surface area contributed by atoms with Gasteiger partial charge >= 0.3 is 5.97 Å². The lowest BCUT2D eigenvalue weighted by molar-refractivity contribution is -0.147. The Hall–Kier alpha value is -0.690. The van der Waals surface area contributed by atoms with E-state index in [1.807, 2.05) is 6.92 Å². The fraction of sp³-hybridized carbons (Fsp3) is 0.929. The van der Waals surface area contributed by atoms with Gasteiger partial charge in [0.2, 0.25) is 0 Å². The van der Waals surface area contributed by atoms with Crippen molar-refractivity contribution >= 4 is 5.97 Å². The summed E-state index contributed by atoms with van der Waals surface area (Å²) in [6.07, 6.45) is 1.95. The summed E-state index contributed by atoms with van der Waals surface area (Å²) < 4.78 is 10.3. The third-order valence-corrected chi connectivity index (χ3v) is 4.17. The molecule has 20 heavy (non-hydrogen) atoms. The van der Waals surface area contributed by atoms with Gasteiger partial charge in [-0.2, -0.15) is 0 Å². The van der Waals surface area contributed by atoms with Crippen molar-refractivity contribution in [2.75, 3.05) is 47.6 Å². The van der Waals surface area contributed by atoms with Crippen LogP contribution in [0.15, 0.2) is 0 Å². The quantitative estimate of drug-likeness (QED) is 0.574. The molecule has 1 aliphatic carbocycles. The lowest BCUT2D eigenvalue weighted by atomic mass is 9.92. The van der Waals surface area contributed by atoms with Gasteiger partial charge in [0.1, 0.15) is 5.54 Å². The Kier molecular flexibility index (Phi) is 6.88. The molecule has 6 nitrogen and oxygen atoms in total. The predicted molar refractivity (Wildman–Crippen MR) is 76.9 cm³/mol. The van der Waals surface area contributed by atoms with E-state index < -0.39 is 11.5 Å². The van der Waals surface area contributed by atoms with Crippen molar-refractivity contribution in [3.63, 3.8) is 0 Å². The second-order valence-electron chi connectivity index (χ2n) is 5.57. The van der Waals surface area contributed by atoms with E-state index in [0.29, 0.717) is 26.3 Å². The number of carboxylic acids is 1. The van der Waals surface area contributed by atoms with Crippen LogP contribution in [0, 0.1) is 5.92 Å². The third kappa shape index (κ3) is 4.15. The highest BCUT2D eigenvalue weighted by atomic mass is 16.5. The average Bonchev–Trinajstić information content (AvgIpc) is 3.24. The number of nitrogens with one attached hydrogen (secondary N) is 1. The van der Waals surface area contributed by atoms with Crippen LogP contribution in [-0.2, 0) is 14.3 Å². The molecule has 0 aromatic rings. The minimum Gasteiger partial charge on any atom is -0.480 e. The maximum Gasteiger partial charge on any atom is 0.325 e. The van der Waals surface area contributed by atoms with Crippen molar-refractivity contribution in [3.8, 4) is 0 Å². The zero-order valence-electron chi connectivity index (χ0n) is 13.0. The Labute approximate surface area is 121 Å². The van der Waals surface area contributed by atoms with E-state index in [9.17, 15) is 9.90 Å². The first kappa shape index (κ1) is 17.4. The molecule has 1 saturated carbocycles. The number of hydrogen-bond acceptors (Lipinski definition) is 5. The van der Waals surface area contributed by atoms with Gasteiger partial charge in [-0.15, -0.1) is 0 Å². The number of carboxylic acid groups (broad SMARTS) is 1. The van der Waals surface area contributed by atoms with Crippen LogP contribution in [0.1, 0.15) is 19.8 Å². The maximum absolute atomic E-state index is 11.8. The Morgan fingerprint density at radius 2 is 2.10 bits per heavy atom. The van der Waals surface area contributed by atoms with Crippen molar-refractivity contribution in [1.29, 1.82) is 0 Å². The number of ether oxygens (including phenoxy) is 2. The lowest BCUT2D eigenvalue weighted by Gasteiger charge is -2.38. The van der Waals surface area contributed by atoms with Gasteiger partial charge in [-0.25, -0.2) is 0 Å². The Bertz CT molecular complexity index is 310. The Balaban J connectivity index is 2.80. The lowest BCUT2D eigenvalue weighted by Crippen LogP contribution is -2.61. The summed E-state index contributed by atoms with van der Waals surface area (Å²) in [6, 6.07) is 0.154. The summed E-state index contributed by atoms with van der Waals surface area (Å²) in [4.78, 5) is 13.9. The highest BCUT2D eigenvalue weighted by Crippen LogP contribution is 2.40. The second-order valence-corrected chi connectivity index (χ2v) is 5.57. The molecular weight excluding hydrogens is 260 g/mol. The van der Waals surface area contributed by atoms with Gasteiger partial charge in [0.25, 0.3) is 0 Å². The summed E-state index contributed by atoms with van der Waals surface area (Å²) in [7, 11) is 5.05. The summed E-state index contributed by atoms with van der Waals surface area (Å²) in [6.45, 7) is 4.38. The molecule has 0 aromatic heterocycles. The monoisotopic (exact) mass is 288 g/mol. The zero-order chi connectivity index (χ0) is 15.2. The van der Waals surface area contributed by atoms with Crippen molar-refractivity contribution in [1.82, 2.24) is 10.2 Å². The molecule has 0 spiro atoms. The SMILES string of the molecule is CNC(CN(CCOC)C(C)COC)(C(=O)O)C1CC1. The number of hydrogen-bond donors (Lipinski definition) is 2. The van der Waals surface area contributed by atoms with Crippen LogP contribution in [0.5, 0.6) is 0 Å². The molecule has 2 atom stereocenters. The molecule has 0 amide bonds. The summed E-state index contributed by atoms with van der Waals surface area (Å²) in [5.41, 5.74) is -0.865. The first-order valence-electron chi connectivity index (χ1n) is 7.16. The van der Waals surface area contributed by atoms with Gasteiger partial charge in [-0.05, 0) is 32.7 Å². The molecule has 2 unspecified atom stereocenters. The minimum absolute atomic E-state index is 0.154. The maximum atomic E-state index is 11.8. The largest absolute Gasteiger partial charge is 0.480 e. The molecule has 6 heteroatoms. The van der Waals surface area contributed by atoms with E-state index in [1.165, 1.54) is 0 Å². The fourth-order valence-corrected chi connectivity index (χ4v) is 2.67. The fourth-order valence-electron chi connectivity index (χ4n) is 2.67. The van der Waals surface area contributed by atoms with Gasteiger partial charge in [0, 0.05) is 33.4 Å². The summed E-state index contributed by atoms with van der Waals surface area (Å²) >= 11 is 0. The molecule has 0 radical (unpaired) electrons. The van der Waals surface area contributed by atoms with E-state index in [1.54, 1.807) is 21.3 Å². The number of likely N-dealkylation sites (N-methyl/N-ethyl adjacent to an activating group) is 1. The normalized spacial score (nSPS) is 19.9. The van der Waals surface area contributed by atoms with Crippen molar-refractivity contribution < 1.29 is 19.4 Å².